The van der Waals surface area contributed by atoms with Gasteiger partial charge in [-0.2, -0.15) is 0 Å². The van der Waals surface area contributed by atoms with E-state index in [4.69, 9.17) is 9.47 Å². The molecule has 21 heavy (non-hydrogen) atoms. The van der Waals surface area contributed by atoms with Crippen LogP contribution < -0.4 is 9.64 Å². The van der Waals surface area contributed by atoms with Crippen molar-refractivity contribution in [2.24, 2.45) is 0 Å². The van der Waals surface area contributed by atoms with Crippen LogP contribution in [0.25, 0.3) is 0 Å². The van der Waals surface area contributed by atoms with Gasteiger partial charge in [0.2, 0.25) is 5.91 Å². The van der Waals surface area contributed by atoms with Crippen LogP contribution in [0.3, 0.4) is 0 Å². The van der Waals surface area contributed by atoms with Gasteiger partial charge in [-0.25, -0.2) is 0 Å². The van der Waals surface area contributed by atoms with Gasteiger partial charge in [0, 0.05) is 13.5 Å². The van der Waals surface area contributed by atoms with Crippen molar-refractivity contribution in [1.82, 2.24) is 0 Å². The first kappa shape index (κ1) is 17.0. The second kappa shape index (κ2) is 7.11. The summed E-state index contributed by atoms with van der Waals surface area (Å²) in [4.78, 5) is 25.3. The summed E-state index contributed by atoms with van der Waals surface area (Å²) in [7, 11) is 3.22. The molecule has 1 aromatic rings. The Labute approximate surface area is 125 Å². The molecule has 0 aliphatic rings. The molecule has 0 atom stereocenters. The van der Waals surface area contributed by atoms with Gasteiger partial charge in [0.25, 0.3) is 0 Å². The molecule has 1 aromatic carbocycles. The lowest BCUT2D eigenvalue weighted by molar-refractivity contribution is -0.155. The number of ether oxygens (including phenoxy) is 2. The highest BCUT2D eigenvalue weighted by molar-refractivity contribution is 5.95. The maximum Gasteiger partial charge on any atom is 0.306 e. The molecule has 5 nitrogen and oxygen atoms in total. The highest BCUT2D eigenvalue weighted by atomic mass is 16.6. The van der Waals surface area contributed by atoms with Crippen molar-refractivity contribution in [3.05, 3.63) is 24.3 Å². The summed E-state index contributed by atoms with van der Waals surface area (Å²) in [5, 5.41) is 0. The summed E-state index contributed by atoms with van der Waals surface area (Å²) < 4.78 is 10.4. The average molecular weight is 293 g/mol. The van der Waals surface area contributed by atoms with Crippen molar-refractivity contribution in [2.75, 3.05) is 19.1 Å². The molecule has 116 valence electrons. The van der Waals surface area contributed by atoms with E-state index in [1.807, 2.05) is 12.1 Å². The molecule has 0 fully saturated rings. The first-order chi connectivity index (χ1) is 9.74. The number of carbonyl (C=O) groups is 2. The number of amides is 1. The Kier molecular flexibility index (Phi) is 5.76. The van der Waals surface area contributed by atoms with Crippen molar-refractivity contribution in [3.8, 4) is 5.75 Å². The van der Waals surface area contributed by atoms with Crippen molar-refractivity contribution in [3.63, 3.8) is 0 Å². The second-order valence-corrected chi connectivity index (χ2v) is 5.71. The lowest BCUT2D eigenvalue weighted by Crippen LogP contribution is -2.28. The number of rotatable bonds is 5. The van der Waals surface area contributed by atoms with Crippen LogP contribution in [0.5, 0.6) is 5.75 Å². The van der Waals surface area contributed by atoms with E-state index in [1.165, 1.54) is 4.90 Å². The molecular formula is C16H23NO4. The minimum atomic E-state index is -0.533. The fraction of sp³-hybridized carbons (Fsp3) is 0.500. The number of nitrogens with zero attached hydrogens (tertiary/aromatic N) is 1. The van der Waals surface area contributed by atoms with Gasteiger partial charge in [0.15, 0.2) is 0 Å². The van der Waals surface area contributed by atoms with Crippen molar-refractivity contribution >= 4 is 17.6 Å². The topological polar surface area (TPSA) is 55.8 Å². The number of esters is 1. The van der Waals surface area contributed by atoms with E-state index in [-0.39, 0.29) is 24.7 Å². The number of anilines is 1. The lowest BCUT2D eigenvalue weighted by atomic mass is 10.2. The lowest BCUT2D eigenvalue weighted by Gasteiger charge is -2.21. The third-order valence-corrected chi connectivity index (χ3v) is 2.78. The van der Waals surface area contributed by atoms with Crippen LogP contribution in [-0.2, 0) is 14.3 Å². The second-order valence-electron chi connectivity index (χ2n) is 5.71. The van der Waals surface area contributed by atoms with E-state index in [1.54, 1.807) is 47.1 Å². The molecule has 0 aliphatic carbocycles. The zero-order valence-electron chi connectivity index (χ0n) is 13.3. The van der Waals surface area contributed by atoms with E-state index in [2.05, 4.69) is 0 Å². The van der Waals surface area contributed by atoms with Crippen LogP contribution in [0, 0.1) is 0 Å². The van der Waals surface area contributed by atoms with Gasteiger partial charge in [-0.05, 0) is 32.9 Å². The van der Waals surface area contributed by atoms with Crippen molar-refractivity contribution in [1.29, 1.82) is 0 Å². The standard InChI is InChI=1S/C16H23NO4/c1-16(2,3)21-15(19)11-10-14(18)17(4)12-8-6-7-9-13(12)20-5/h6-9H,10-11H2,1-5H3. The highest BCUT2D eigenvalue weighted by Crippen LogP contribution is 2.27. The molecule has 0 unspecified atom stereocenters. The zero-order valence-corrected chi connectivity index (χ0v) is 13.3. The molecular weight excluding hydrogens is 270 g/mol. The minimum absolute atomic E-state index is 0.0651. The molecule has 1 rings (SSSR count). The number of hydrogen-bond donors (Lipinski definition) is 0. The molecule has 0 aliphatic heterocycles. The zero-order chi connectivity index (χ0) is 16.0. The summed E-state index contributed by atoms with van der Waals surface area (Å²) in [6.45, 7) is 5.40. The molecule has 0 heterocycles. The molecule has 1 amide bonds. The van der Waals surface area contributed by atoms with E-state index in [9.17, 15) is 9.59 Å². The Hall–Kier alpha value is -2.04. The van der Waals surface area contributed by atoms with Crippen LogP contribution in [0.4, 0.5) is 5.69 Å². The Bertz CT molecular complexity index is 505. The van der Waals surface area contributed by atoms with Gasteiger partial charge in [-0.15, -0.1) is 0 Å². The third kappa shape index (κ3) is 5.45. The number of para-hydroxylation sites is 2. The number of benzene rings is 1. The summed E-state index contributed by atoms with van der Waals surface area (Å²) in [6, 6.07) is 7.24. The number of carbonyl (C=O) groups excluding carboxylic acids is 2. The molecule has 0 N–H and O–H groups in total. The third-order valence-electron chi connectivity index (χ3n) is 2.78. The van der Waals surface area contributed by atoms with Gasteiger partial charge < -0.3 is 14.4 Å². The van der Waals surface area contributed by atoms with Gasteiger partial charge in [0.05, 0.1) is 19.2 Å². The van der Waals surface area contributed by atoms with Gasteiger partial charge in [-0.1, -0.05) is 12.1 Å². The SMILES string of the molecule is COc1ccccc1N(C)C(=O)CCC(=O)OC(C)(C)C. The Morgan fingerprint density at radius 3 is 2.33 bits per heavy atom. The molecule has 0 bridgehead atoms. The van der Waals surface area contributed by atoms with E-state index in [0.29, 0.717) is 11.4 Å². The van der Waals surface area contributed by atoms with Crippen LogP contribution in [-0.4, -0.2) is 31.6 Å². The van der Waals surface area contributed by atoms with Crippen LogP contribution >= 0.6 is 0 Å². The van der Waals surface area contributed by atoms with Crippen molar-refractivity contribution < 1.29 is 19.1 Å². The summed E-state index contributed by atoms with van der Waals surface area (Å²) in [6.07, 6.45) is 0.166. The predicted molar refractivity (Wildman–Crippen MR) is 81.5 cm³/mol. The number of hydrogen-bond acceptors (Lipinski definition) is 4. The maximum atomic E-state index is 12.1. The summed E-state index contributed by atoms with van der Waals surface area (Å²) in [5.41, 5.74) is 0.142. The minimum Gasteiger partial charge on any atom is -0.495 e. The first-order valence-corrected chi connectivity index (χ1v) is 6.86. The summed E-state index contributed by atoms with van der Waals surface area (Å²) >= 11 is 0. The van der Waals surface area contributed by atoms with Crippen LogP contribution in [0.15, 0.2) is 24.3 Å². The van der Waals surface area contributed by atoms with Gasteiger partial charge >= 0.3 is 5.97 Å². The highest BCUT2D eigenvalue weighted by Gasteiger charge is 2.19. The molecule has 5 heteroatoms. The Balaban J connectivity index is 2.61. The number of methoxy groups -OCH3 is 1. The van der Waals surface area contributed by atoms with E-state index < -0.39 is 5.60 Å². The Morgan fingerprint density at radius 2 is 1.76 bits per heavy atom. The molecule has 0 aromatic heterocycles. The van der Waals surface area contributed by atoms with Crippen LogP contribution in [0.1, 0.15) is 33.6 Å². The Morgan fingerprint density at radius 1 is 1.14 bits per heavy atom. The summed E-state index contributed by atoms with van der Waals surface area (Å²) in [5.74, 6) is 0.0836. The molecule has 0 saturated carbocycles. The monoisotopic (exact) mass is 293 g/mol. The quantitative estimate of drug-likeness (QED) is 0.783. The fourth-order valence-electron chi connectivity index (χ4n) is 1.81. The smallest absolute Gasteiger partial charge is 0.306 e. The van der Waals surface area contributed by atoms with E-state index in [0.717, 1.165) is 0 Å². The average Bonchev–Trinajstić information content (AvgIpc) is 2.42. The molecule has 0 spiro atoms. The fourth-order valence-corrected chi connectivity index (χ4v) is 1.81. The van der Waals surface area contributed by atoms with Gasteiger partial charge in [-0.3, -0.25) is 9.59 Å². The molecule has 0 saturated heterocycles. The molecule has 0 radical (unpaired) electrons. The normalized spacial score (nSPS) is 10.9. The van der Waals surface area contributed by atoms with Crippen molar-refractivity contribution in [2.45, 2.75) is 39.2 Å². The first-order valence-electron chi connectivity index (χ1n) is 6.86. The maximum absolute atomic E-state index is 12.1. The predicted octanol–water partition coefficient (Wildman–Crippen LogP) is 2.78. The van der Waals surface area contributed by atoms with Crippen LogP contribution in [0.2, 0.25) is 0 Å². The van der Waals surface area contributed by atoms with E-state index >= 15 is 0 Å². The van der Waals surface area contributed by atoms with Gasteiger partial charge in [0.1, 0.15) is 11.4 Å². The largest absolute Gasteiger partial charge is 0.495 e.